The SMILES string of the molecule is O=c1ccc(N2CCN(c3ncc(Br)cn3)CC2)n[nH]1. The Morgan fingerprint density at radius 2 is 1.70 bits per heavy atom. The first-order chi connectivity index (χ1) is 9.72. The minimum atomic E-state index is -0.185. The first-order valence-corrected chi connectivity index (χ1v) is 7.05. The molecule has 0 bridgehead atoms. The van der Waals surface area contributed by atoms with Crippen LogP contribution in [0.5, 0.6) is 0 Å². The number of nitrogens with one attached hydrogen (secondary N) is 1. The molecule has 0 spiro atoms. The van der Waals surface area contributed by atoms with E-state index in [9.17, 15) is 4.79 Å². The summed E-state index contributed by atoms with van der Waals surface area (Å²) in [7, 11) is 0. The largest absolute Gasteiger partial charge is 0.352 e. The summed E-state index contributed by atoms with van der Waals surface area (Å²) >= 11 is 3.33. The van der Waals surface area contributed by atoms with E-state index in [1.165, 1.54) is 6.07 Å². The van der Waals surface area contributed by atoms with Crippen LogP contribution in [0.3, 0.4) is 0 Å². The molecule has 1 aliphatic heterocycles. The normalized spacial score (nSPS) is 15.4. The first-order valence-electron chi connectivity index (χ1n) is 6.25. The Kier molecular flexibility index (Phi) is 3.64. The van der Waals surface area contributed by atoms with Crippen molar-refractivity contribution in [2.75, 3.05) is 36.0 Å². The van der Waals surface area contributed by atoms with E-state index in [1.54, 1.807) is 18.5 Å². The van der Waals surface area contributed by atoms with Gasteiger partial charge in [0.1, 0.15) is 5.82 Å². The minimum absolute atomic E-state index is 0.185. The molecule has 0 saturated carbocycles. The van der Waals surface area contributed by atoms with Gasteiger partial charge in [0.15, 0.2) is 0 Å². The Morgan fingerprint density at radius 1 is 1.05 bits per heavy atom. The highest BCUT2D eigenvalue weighted by atomic mass is 79.9. The maximum atomic E-state index is 11.0. The number of hydrogen-bond donors (Lipinski definition) is 1. The van der Waals surface area contributed by atoms with E-state index in [0.29, 0.717) is 0 Å². The number of anilines is 2. The van der Waals surface area contributed by atoms with E-state index in [4.69, 9.17) is 0 Å². The second kappa shape index (κ2) is 5.58. The second-order valence-corrected chi connectivity index (χ2v) is 5.37. The van der Waals surface area contributed by atoms with E-state index in [1.807, 2.05) is 0 Å². The summed E-state index contributed by atoms with van der Waals surface area (Å²) in [6.45, 7) is 3.28. The monoisotopic (exact) mass is 336 g/mol. The number of rotatable bonds is 2. The highest BCUT2D eigenvalue weighted by Gasteiger charge is 2.19. The van der Waals surface area contributed by atoms with E-state index in [0.717, 1.165) is 42.4 Å². The highest BCUT2D eigenvalue weighted by molar-refractivity contribution is 9.10. The van der Waals surface area contributed by atoms with Crippen LogP contribution in [-0.4, -0.2) is 46.3 Å². The lowest BCUT2D eigenvalue weighted by molar-refractivity contribution is 0.630. The molecule has 2 aromatic heterocycles. The van der Waals surface area contributed by atoms with Gasteiger partial charge in [-0.2, -0.15) is 5.10 Å². The molecule has 104 valence electrons. The van der Waals surface area contributed by atoms with Gasteiger partial charge in [-0.15, -0.1) is 0 Å². The first kappa shape index (κ1) is 13.0. The maximum Gasteiger partial charge on any atom is 0.264 e. The number of H-pyrrole nitrogens is 1. The van der Waals surface area contributed by atoms with Gasteiger partial charge in [-0.25, -0.2) is 15.1 Å². The van der Waals surface area contributed by atoms with Crippen LogP contribution in [0.1, 0.15) is 0 Å². The fourth-order valence-electron chi connectivity index (χ4n) is 2.12. The molecule has 3 heterocycles. The van der Waals surface area contributed by atoms with Crippen molar-refractivity contribution in [1.29, 1.82) is 0 Å². The topological polar surface area (TPSA) is 78.0 Å². The van der Waals surface area contributed by atoms with Gasteiger partial charge in [-0.1, -0.05) is 0 Å². The van der Waals surface area contributed by atoms with Gasteiger partial charge >= 0.3 is 0 Å². The molecule has 0 unspecified atom stereocenters. The fourth-order valence-corrected chi connectivity index (χ4v) is 2.32. The average Bonchev–Trinajstić information content (AvgIpc) is 2.49. The maximum absolute atomic E-state index is 11.0. The minimum Gasteiger partial charge on any atom is -0.352 e. The molecule has 2 aromatic rings. The lowest BCUT2D eigenvalue weighted by Gasteiger charge is -2.35. The van der Waals surface area contributed by atoms with Crippen molar-refractivity contribution in [2.45, 2.75) is 0 Å². The van der Waals surface area contributed by atoms with Crippen molar-refractivity contribution in [3.8, 4) is 0 Å². The molecule has 1 aliphatic rings. The van der Waals surface area contributed by atoms with Gasteiger partial charge in [0.2, 0.25) is 5.95 Å². The Bertz CT molecular complexity index is 615. The summed E-state index contributed by atoms with van der Waals surface area (Å²) in [5.74, 6) is 1.53. The molecule has 1 fully saturated rings. The number of piperazine rings is 1. The van der Waals surface area contributed by atoms with Gasteiger partial charge in [0.25, 0.3) is 5.56 Å². The van der Waals surface area contributed by atoms with Crippen LogP contribution < -0.4 is 15.4 Å². The molecule has 0 aliphatic carbocycles. The van der Waals surface area contributed by atoms with E-state index >= 15 is 0 Å². The third-order valence-corrected chi connectivity index (χ3v) is 3.57. The third-order valence-electron chi connectivity index (χ3n) is 3.16. The van der Waals surface area contributed by atoms with Crippen LogP contribution in [0.2, 0.25) is 0 Å². The van der Waals surface area contributed by atoms with Crippen molar-refractivity contribution in [1.82, 2.24) is 20.2 Å². The van der Waals surface area contributed by atoms with Gasteiger partial charge in [-0.3, -0.25) is 4.79 Å². The average molecular weight is 337 g/mol. The van der Waals surface area contributed by atoms with Crippen molar-refractivity contribution in [3.63, 3.8) is 0 Å². The second-order valence-electron chi connectivity index (χ2n) is 4.45. The molecule has 0 aromatic carbocycles. The van der Waals surface area contributed by atoms with Crippen molar-refractivity contribution in [2.24, 2.45) is 0 Å². The summed E-state index contributed by atoms with van der Waals surface area (Å²) in [4.78, 5) is 23.9. The summed E-state index contributed by atoms with van der Waals surface area (Å²) < 4.78 is 0.873. The quantitative estimate of drug-likeness (QED) is 0.867. The summed E-state index contributed by atoms with van der Waals surface area (Å²) in [5.41, 5.74) is -0.185. The van der Waals surface area contributed by atoms with Crippen LogP contribution in [-0.2, 0) is 0 Å². The molecule has 3 rings (SSSR count). The van der Waals surface area contributed by atoms with E-state index < -0.39 is 0 Å². The lowest BCUT2D eigenvalue weighted by Crippen LogP contribution is -2.47. The molecule has 0 radical (unpaired) electrons. The fraction of sp³-hybridized carbons (Fsp3) is 0.333. The van der Waals surface area contributed by atoms with Gasteiger partial charge in [0, 0.05) is 44.6 Å². The zero-order valence-corrected chi connectivity index (χ0v) is 12.2. The Labute approximate surface area is 123 Å². The Hall–Kier alpha value is -1.96. The molecule has 1 N–H and O–H groups in total. The van der Waals surface area contributed by atoms with Crippen LogP contribution >= 0.6 is 15.9 Å². The van der Waals surface area contributed by atoms with E-state index in [2.05, 4.69) is 45.9 Å². The number of hydrogen-bond acceptors (Lipinski definition) is 6. The van der Waals surface area contributed by atoms with Crippen LogP contribution in [0.25, 0.3) is 0 Å². The highest BCUT2D eigenvalue weighted by Crippen LogP contribution is 2.15. The van der Waals surface area contributed by atoms with E-state index in [-0.39, 0.29) is 5.56 Å². The van der Waals surface area contributed by atoms with Gasteiger partial charge in [0.05, 0.1) is 4.47 Å². The van der Waals surface area contributed by atoms with Gasteiger partial charge < -0.3 is 9.80 Å². The smallest absolute Gasteiger partial charge is 0.264 e. The van der Waals surface area contributed by atoms with Gasteiger partial charge in [-0.05, 0) is 22.0 Å². The van der Waals surface area contributed by atoms with Crippen molar-refractivity contribution >= 4 is 27.7 Å². The van der Waals surface area contributed by atoms with Crippen molar-refractivity contribution < 1.29 is 0 Å². The molecule has 7 nitrogen and oxygen atoms in total. The molecule has 0 amide bonds. The zero-order valence-electron chi connectivity index (χ0n) is 10.7. The van der Waals surface area contributed by atoms with Crippen LogP contribution in [0.15, 0.2) is 33.8 Å². The van der Waals surface area contributed by atoms with Crippen LogP contribution in [0.4, 0.5) is 11.8 Å². The number of halogens is 1. The summed E-state index contributed by atoms with van der Waals surface area (Å²) in [6, 6.07) is 3.23. The number of aromatic amines is 1. The molecular formula is C12H13BrN6O. The predicted molar refractivity (Wildman–Crippen MR) is 79.0 cm³/mol. The molecular weight excluding hydrogens is 324 g/mol. The zero-order chi connectivity index (χ0) is 13.9. The molecule has 20 heavy (non-hydrogen) atoms. The number of aromatic nitrogens is 4. The lowest BCUT2D eigenvalue weighted by atomic mass is 10.3. The van der Waals surface area contributed by atoms with Crippen molar-refractivity contribution in [3.05, 3.63) is 39.4 Å². The summed E-state index contributed by atoms with van der Waals surface area (Å²) in [5, 5.41) is 6.50. The standard InChI is InChI=1S/C12H13BrN6O/c13-9-7-14-12(15-8-9)19-5-3-18(4-6-19)10-1-2-11(20)17-16-10/h1-2,7-8H,3-6H2,(H,17,20). The molecule has 1 saturated heterocycles. The Morgan fingerprint density at radius 3 is 2.30 bits per heavy atom. The molecule has 8 heteroatoms. The Balaban J connectivity index is 1.66. The molecule has 0 atom stereocenters. The summed E-state index contributed by atoms with van der Waals surface area (Å²) in [6.07, 6.45) is 3.50. The van der Waals surface area contributed by atoms with Crippen LogP contribution in [0, 0.1) is 0 Å². The third kappa shape index (κ3) is 2.79. The number of nitrogens with zero attached hydrogens (tertiary/aromatic N) is 5. The predicted octanol–water partition coefficient (Wildman–Crippen LogP) is 0.649.